The van der Waals surface area contributed by atoms with E-state index in [2.05, 4.69) is 4.98 Å². The van der Waals surface area contributed by atoms with Crippen LogP contribution in [0, 0.1) is 17.0 Å². The van der Waals surface area contributed by atoms with Gasteiger partial charge in [0.15, 0.2) is 0 Å². The van der Waals surface area contributed by atoms with Gasteiger partial charge >= 0.3 is 0 Å². The van der Waals surface area contributed by atoms with Crippen molar-refractivity contribution in [1.29, 1.82) is 0 Å². The van der Waals surface area contributed by atoms with Crippen LogP contribution in [0.4, 0.5) is 11.5 Å². The highest BCUT2D eigenvalue weighted by Gasteiger charge is 2.11. The average Bonchev–Trinajstić information content (AvgIpc) is 2.28. The van der Waals surface area contributed by atoms with Crippen molar-refractivity contribution in [2.24, 2.45) is 0 Å². The molecule has 1 heterocycles. The van der Waals surface area contributed by atoms with Crippen LogP contribution in [0.2, 0.25) is 0 Å². The number of nitrogens with two attached hydrogens (primary N) is 1. The van der Waals surface area contributed by atoms with E-state index in [0.717, 1.165) is 5.56 Å². The molecule has 0 radical (unpaired) electrons. The average molecular weight is 245 g/mol. The molecule has 92 valence electrons. The number of nitrogen functional groups attached to an aromatic ring is 1. The van der Waals surface area contributed by atoms with Crippen molar-refractivity contribution < 1.29 is 9.66 Å². The van der Waals surface area contributed by atoms with Gasteiger partial charge in [-0.1, -0.05) is 12.1 Å². The zero-order valence-electron chi connectivity index (χ0n) is 9.66. The third-order valence-electron chi connectivity index (χ3n) is 2.23. The molecule has 2 N–H and O–H groups in total. The summed E-state index contributed by atoms with van der Waals surface area (Å²) >= 11 is 0. The zero-order valence-corrected chi connectivity index (χ0v) is 9.66. The fourth-order valence-corrected chi connectivity index (χ4v) is 1.47. The molecule has 0 spiro atoms. The lowest BCUT2D eigenvalue weighted by Crippen LogP contribution is -1.97. The SMILES string of the molecule is Cc1cccc(Oc2cc([N+](=O)[O-])cc(N)n2)c1. The van der Waals surface area contributed by atoms with Crippen molar-refractivity contribution in [3.05, 3.63) is 52.1 Å². The first kappa shape index (κ1) is 11.8. The van der Waals surface area contributed by atoms with E-state index in [0.29, 0.717) is 5.75 Å². The molecule has 6 nitrogen and oxygen atoms in total. The fourth-order valence-electron chi connectivity index (χ4n) is 1.47. The van der Waals surface area contributed by atoms with E-state index in [-0.39, 0.29) is 17.4 Å². The molecule has 2 aromatic rings. The number of benzene rings is 1. The van der Waals surface area contributed by atoms with E-state index in [9.17, 15) is 10.1 Å². The second kappa shape index (κ2) is 4.70. The van der Waals surface area contributed by atoms with Crippen molar-refractivity contribution in [3.63, 3.8) is 0 Å². The van der Waals surface area contributed by atoms with Crippen LogP contribution in [-0.2, 0) is 0 Å². The second-order valence-electron chi connectivity index (χ2n) is 3.76. The maximum Gasteiger partial charge on any atom is 0.278 e. The van der Waals surface area contributed by atoms with E-state index in [4.69, 9.17) is 10.5 Å². The van der Waals surface area contributed by atoms with Gasteiger partial charge in [0.25, 0.3) is 5.69 Å². The molecule has 0 atom stereocenters. The number of aromatic nitrogens is 1. The highest BCUT2D eigenvalue weighted by molar-refractivity contribution is 5.46. The lowest BCUT2D eigenvalue weighted by atomic mass is 10.2. The maximum atomic E-state index is 10.7. The van der Waals surface area contributed by atoms with Crippen LogP contribution >= 0.6 is 0 Å². The molecule has 1 aromatic carbocycles. The third-order valence-corrected chi connectivity index (χ3v) is 2.23. The van der Waals surface area contributed by atoms with E-state index < -0.39 is 4.92 Å². The number of hydrogen-bond acceptors (Lipinski definition) is 5. The van der Waals surface area contributed by atoms with Crippen molar-refractivity contribution >= 4 is 11.5 Å². The van der Waals surface area contributed by atoms with E-state index in [1.165, 1.54) is 12.1 Å². The van der Waals surface area contributed by atoms with Crippen LogP contribution in [0.3, 0.4) is 0 Å². The molecule has 0 bridgehead atoms. The van der Waals surface area contributed by atoms with Crippen LogP contribution in [0.25, 0.3) is 0 Å². The minimum absolute atomic E-state index is 0.0480. The molecule has 1 aromatic heterocycles. The van der Waals surface area contributed by atoms with Gasteiger partial charge in [-0.15, -0.1) is 0 Å². The molecule has 0 fully saturated rings. The first-order valence-electron chi connectivity index (χ1n) is 5.21. The predicted molar refractivity (Wildman–Crippen MR) is 66.6 cm³/mol. The Hall–Kier alpha value is -2.63. The number of ether oxygens (including phenoxy) is 1. The number of aryl methyl sites for hydroxylation is 1. The van der Waals surface area contributed by atoms with Gasteiger partial charge in [-0.2, -0.15) is 4.98 Å². The van der Waals surface area contributed by atoms with Crippen LogP contribution in [0.1, 0.15) is 5.56 Å². The molecule has 0 saturated heterocycles. The summed E-state index contributed by atoms with van der Waals surface area (Å²) in [4.78, 5) is 14.0. The Labute approximate surface area is 103 Å². The molecule has 2 rings (SSSR count). The zero-order chi connectivity index (χ0) is 13.1. The Morgan fingerprint density at radius 1 is 1.33 bits per heavy atom. The summed E-state index contributed by atoms with van der Waals surface area (Å²) in [5, 5.41) is 10.7. The highest BCUT2D eigenvalue weighted by Crippen LogP contribution is 2.25. The maximum absolute atomic E-state index is 10.7. The topological polar surface area (TPSA) is 91.3 Å². The summed E-state index contributed by atoms with van der Waals surface area (Å²) in [7, 11) is 0. The van der Waals surface area contributed by atoms with Gasteiger partial charge in [0.2, 0.25) is 5.88 Å². The number of hydrogen-bond donors (Lipinski definition) is 1. The van der Waals surface area contributed by atoms with Crippen molar-refractivity contribution in [2.45, 2.75) is 6.92 Å². The Kier molecular flexibility index (Phi) is 3.09. The van der Waals surface area contributed by atoms with Crippen LogP contribution in [0.15, 0.2) is 36.4 Å². The normalized spacial score (nSPS) is 10.1. The molecule has 0 amide bonds. The van der Waals surface area contributed by atoms with Crippen molar-refractivity contribution in [3.8, 4) is 11.6 Å². The minimum atomic E-state index is -0.541. The van der Waals surface area contributed by atoms with Gasteiger partial charge in [-0.05, 0) is 24.6 Å². The molecule has 0 aliphatic heterocycles. The van der Waals surface area contributed by atoms with Gasteiger partial charge in [-0.3, -0.25) is 10.1 Å². The summed E-state index contributed by atoms with van der Waals surface area (Å²) in [6, 6.07) is 9.70. The second-order valence-corrected chi connectivity index (χ2v) is 3.76. The lowest BCUT2D eigenvalue weighted by Gasteiger charge is -2.05. The van der Waals surface area contributed by atoms with Gasteiger partial charge in [-0.25, -0.2) is 0 Å². The molecule has 6 heteroatoms. The number of nitro groups is 1. The first-order chi connectivity index (χ1) is 8.54. The summed E-state index contributed by atoms with van der Waals surface area (Å²) in [6.07, 6.45) is 0. The molecule has 0 unspecified atom stereocenters. The Morgan fingerprint density at radius 2 is 2.11 bits per heavy atom. The number of rotatable bonds is 3. The van der Waals surface area contributed by atoms with Gasteiger partial charge in [0, 0.05) is 0 Å². The minimum Gasteiger partial charge on any atom is -0.439 e. The first-order valence-corrected chi connectivity index (χ1v) is 5.21. The van der Waals surface area contributed by atoms with Gasteiger partial charge in [0.1, 0.15) is 11.6 Å². The molecular weight excluding hydrogens is 234 g/mol. The van der Waals surface area contributed by atoms with Crippen molar-refractivity contribution in [2.75, 3.05) is 5.73 Å². The smallest absolute Gasteiger partial charge is 0.278 e. The molecule has 0 saturated carbocycles. The highest BCUT2D eigenvalue weighted by atomic mass is 16.6. The quantitative estimate of drug-likeness (QED) is 0.663. The summed E-state index contributed by atoms with van der Waals surface area (Å²) in [5.41, 5.74) is 6.36. The fraction of sp³-hybridized carbons (Fsp3) is 0.0833. The summed E-state index contributed by atoms with van der Waals surface area (Å²) < 4.78 is 5.44. The molecule has 18 heavy (non-hydrogen) atoms. The van der Waals surface area contributed by atoms with E-state index in [1.807, 2.05) is 19.1 Å². The molecule has 0 aliphatic rings. The monoisotopic (exact) mass is 245 g/mol. The number of pyridine rings is 1. The molecule has 0 aliphatic carbocycles. The van der Waals surface area contributed by atoms with Crippen molar-refractivity contribution in [1.82, 2.24) is 4.98 Å². The van der Waals surface area contributed by atoms with Crippen LogP contribution < -0.4 is 10.5 Å². The molecular formula is C12H11N3O3. The van der Waals surface area contributed by atoms with Gasteiger partial charge < -0.3 is 10.5 Å². The van der Waals surface area contributed by atoms with E-state index in [1.54, 1.807) is 12.1 Å². The van der Waals surface area contributed by atoms with E-state index >= 15 is 0 Å². The third kappa shape index (κ3) is 2.73. The standard InChI is InChI=1S/C12H11N3O3/c1-8-3-2-4-10(5-8)18-12-7-9(15(16)17)6-11(13)14-12/h2-7H,1H3,(H2,13,14). The Balaban J connectivity index is 2.31. The lowest BCUT2D eigenvalue weighted by molar-refractivity contribution is -0.384. The Bertz CT molecular complexity index is 599. The largest absolute Gasteiger partial charge is 0.439 e. The van der Waals surface area contributed by atoms with Gasteiger partial charge in [0.05, 0.1) is 17.1 Å². The number of nitrogens with zero attached hydrogens (tertiary/aromatic N) is 2. The van der Waals surface area contributed by atoms with Crippen LogP contribution in [0.5, 0.6) is 11.6 Å². The summed E-state index contributed by atoms with van der Waals surface area (Å²) in [6.45, 7) is 1.92. The number of anilines is 1. The predicted octanol–water partition coefficient (Wildman–Crippen LogP) is 2.67. The Morgan fingerprint density at radius 3 is 2.78 bits per heavy atom. The summed E-state index contributed by atoms with van der Waals surface area (Å²) in [5.74, 6) is 0.710. The van der Waals surface area contributed by atoms with Crippen LogP contribution in [-0.4, -0.2) is 9.91 Å².